The Morgan fingerprint density at radius 2 is 2.12 bits per heavy atom. The van der Waals surface area contributed by atoms with Crippen molar-refractivity contribution in [3.63, 3.8) is 0 Å². The number of unbranched alkanes of at least 4 members (excludes halogenated alkanes) is 1. The van der Waals surface area contributed by atoms with Gasteiger partial charge in [0.1, 0.15) is 5.82 Å². The molecule has 0 unspecified atom stereocenters. The fourth-order valence-electron chi connectivity index (χ4n) is 3.07. The summed E-state index contributed by atoms with van der Waals surface area (Å²) in [6.07, 6.45) is 3.50. The number of nitro benzene ring substituents is 1. The van der Waals surface area contributed by atoms with Crippen molar-refractivity contribution >= 4 is 44.7 Å². The second-order valence-electron chi connectivity index (χ2n) is 6.97. The molecular formula is C22H21BrN4O6. The Labute approximate surface area is 197 Å². The second kappa shape index (κ2) is 10.8. The smallest absolute Gasteiger partial charge is 0.343 e. The van der Waals surface area contributed by atoms with Gasteiger partial charge >= 0.3 is 11.7 Å². The normalized spacial score (nSPS) is 11.1. The highest BCUT2D eigenvalue weighted by molar-refractivity contribution is 9.10. The summed E-state index contributed by atoms with van der Waals surface area (Å²) in [5.41, 5.74) is 0.0575. The van der Waals surface area contributed by atoms with Crippen LogP contribution < -0.4 is 10.3 Å². The van der Waals surface area contributed by atoms with Gasteiger partial charge in [-0.3, -0.25) is 14.9 Å². The topological polar surface area (TPSA) is 126 Å². The molecule has 0 bridgehead atoms. The van der Waals surface area contributed by atoms with Gasteiger partial charge in [-0.2, -0.15) is 9.78 Å². The molecule has 1 aromatic heterocycles. The Kier molecular flexibility index (Phi) is 7.88. The van der Waals surface area contributed by atoms with E-state index in [4.69, 9.17) is 4.74 Å². The van der Waals surface area contributed by atoms with Crippen LogP contribution in [0.1, 0.15) is 31.2 Å². The number of methoxy groups -OCH3 is 1. The van der Waals surface area contributed by atoms with Crippen molar-refractivity contribution in [2.24, 2.45) is 5.10 Å². The molecule has 0 aliphatic heterocycles. The minimum atomic E-state index is -0.696. The number of nitrogens with zero attached hydrogens (tertiary/aromatic N) is 4. The Hall–Kier alpha value is -3.60. The predicted molar refractivity (Wildman–Crippen MR) is 126 cm³/mol. The molecule has 1 heterocycles. The lowest BCUT2D eigenvalue weighted by atomic mass is 10.2. The van der Waals surface area contributed by atoms with E-state index in [0.717, 1.165) is 17.3 Å². The van der Waals surface area contributed by atoms with Gasteiger partial charge in [0.05, 0.1) is 29.2 Å². The molecule has 11 heteroatoms. The number of aromatic nitrogens is 2. The Bertz CT molecular complexity index is 1290. The summed E-state index contributed by atoms with van der Waals surface area (Å²) < 4.78 is 11.8. The highest BCUT2D eigenvalue weighted by atomic mass is 79.9. The third-order valence-corrected chi connectivity index (χ3v) is 5.22. The first-order chi connectivity index (χ1) is 15.8. The van der Waals surface area contributed by atoms with Crippen molar-refractivity contribution in [2.75, 3.05) is 13.7 Å². The first kappa shape index (κ1) is 24.1. The summed E-state index contributed by atoms with van der Waals surface area (Å²) >= 11 is 3.36. The number of hydrogen-bond donors (Lipinski definition) is 0. The molecule has 0 saturated heterocycles. The van der Waals surface area contributed by atoms with Crippen molar-refractivity contribution in [2.45, 2.75) is 26.2 Å². The van der Waals surface area contributed by atoms with Gasteiger partial charge in [0.2, 0.25) is 5.75 Å². The molecule has 0 radical (unpaired) electrons. The molecule has 0 amide bonds. The maximum Gasteiger partial charge on any atom is 0.343 e. The van der Waals surface area contributed by atoms with Gasteiger partial charge in [0, 0.05) is 22.5 Å². The van der Waals surface area contributed by atoms with E-state index in [9.17, 15) is 19.7 Å². The van der Waals surface area contributed by atoms with Crippen molar-refractivity contribution in [3.05, 3.63) is 72.7 Å². The Morgan fingerprint density at radius 3 is 2.82 bits per heavy atom. The highest BCUT2D eigenvalue weighted by Crippen LogP contribution is 2.30. The van der Waals surface area contributed by atoms with Crippen LogP contribution in [0.5, 0.6) is 5.75 Å². The largest absolute Gasteiger partial charge is 0.474 e. The standard InChI is InChI=1S/C22H21BrN4O6/c1-3-4-8-19-25-17-10-9-15(23)11-16(17)22(29)26(19)24-12-14-6-5-7-18(27(30)31)21(14)33-13-20(28)32-2/h5-7,9-12H,3-4,8,13H2,1-2H3. The molecule has 0 atom stereocenters. The molecule has 0 fully saturated rings. The van der Waals surface area contributed by atoms with E-state index in [-0.39, 0.29) is 22.6 Å². The molecule has 172 valence electrons. The van der Waals surface area contributed by atoms with E-state index in [1.54, 1.807) is 18.2 Å². The minimum absolute atomic E-state index is 0.156. The summed E-state index contributed by atoms with van der Waals surface area (Å²) in [7, 11) is 1.18. The molecule has 2 aromatic carbocycles. The average molecular weight is 517 g/mol. The zero-order valence-electron chi connectivity index (χ0n) is 18.0. The first-order valence-corrected chi connectivity index (χ1v) is 10.9. The number of aryl methyl sites for hydroxylation is 1. The highest BCUT2D eigenvalue weighted by Gasteiger charge is 2.20. The van der Waals surface area contributed by atoms with Gasteiger partial charge in [-0.05, 0) is 30.7 Å². The van der Waals surface area contributed by atoms with E-state index < -0.39 is 17.5 Å². The SMILES string of the molecule is CCCCc1nc2ccc(Br)cc2c(=O)n1N=Cc1cccc([N+](=O)[O-])c1OCC(=O)OC. The lowest BCUT2D eigenvalue weighted by molar-refractivity contribution is -0.385. The van der Waals surface area contributed by atoms with Crippen LogP contribution in [0, 0.1) is 10.1 Å². The number of carbonyl (C=O) groups is 1. The molecule has 0 N–H and O–H groups in total. The molecular weight excluding hydrogens is 496 g/mol. The van der Waals surface area contributed by atoms with Crippen LogP contribution >= 0.6 is 15.9 Å². The van der Waals surface area contributed by atoms with Crippen LogP contribution in [0.4, 0.5) is 5.69 Å². The molecule has 0 spiro atoms. The van der Waals surface area contributed by atoms with E-state index >= 15 is 0 Å². The minimum Gasteiger partial charge on any atom is -0.474 e. The predicted octanol–water partition coefficient (Wildman–Crippen LogP) is 3.84. The van der Waals surface area contributed by atoms with Crippen molar-refractivity contribution in [3.8, 4) is 5.75 Å². The lowest BCUT2D eigenvalue weighted by Crippen LogP contribution is -2.22. The first-order valence-electron chi connectivity index (χ1n) is 10.1. The third kappa shape index (κ3) is 5.61. The van der Waals surface area contributed by atoms with Gasteiger partial charge in [-0.25, -0.2) is 9.78 Å². The zero-order valence-corrected chi connectivity index (χ0v) is 19.6. The van der Waals surface area contributed by atoms with Crippen LogP contribution in [0.25, 0.3) is 10.9 Å². The van der Waals surface area contributed by atoms with Crippen LogP contribution in [-0.2, 0) is 16.0 Å². The lowest BCUT2D eigenvalue weighted by Gasteiger charge is -2.10. The van der Waals surface area contributed by atoms with Crippen molar-refractivity contribution in [1.82, 2.24) is 9.66 Å². The molecule has 0 saturated carbocycles. The summed E-state index contributed by atoms with van der Waals surface area (Å²) in [6.45, 7) is 1.51. The van der Waals surface area contributed by atoms with Gasteiger partial charge in [0.15, 0.2) is 6.61 Å². The Morgan fingerprint density at radius 1 is 1.33 bits per heavy atom. The van der Waals surface area contributed by atoms with Crippen LogP contribution in [0.3, 0.4) is 0 Å². The molecule has 3 aromatic rings. The number of nitro groups is 1. The van der Waals surface area contributed by atoms with E-state index in [1.165, 1.54) is 36.2 Å². The number of hydrogen-bond acceptors (Lipinski definition) is 8. The van der Waals surface area contributed by atoms with Crippen LogP contribution in [0.2, 0.25) is 0 Å². The molecule has 3 rings (SSSR count). The van der Waals surface area contributed by atoms with E-state index in [2.05, 4.69) is 30.8 Å². The average Bonchev–Trinajstić information content (AvgIpc) is 2.81. The van der Waals surface area contributed by atoms with Crippen molar-refractivity contribution in [1.29, 1.82) is 0 Å². The number of para-hydroxylation sites is 1. The molecule has 10 nitrogen and oxygen atoms in total. The molecule has 0 aliphatic rings. The number of halogens is 1. The maximum absolute atomic E-state index is 13.2. The van der Waals surface area contributed by atoms with Gasteiger partial charge in [-0.15, -0.1) is 0 Å². The monoisotopic (exact) mass is 516 g/mol. The summed E-state index contributed by atoms with van der Waals surface area (Å²) in [5, 5.41) is 16.1. The summed E-state index contributed by atoms with van der Waals surface area (Å²) in [5.74, 6) is -0.384. The Balaban J connectivity index is 2.12. The zero-order chi connectivity index (χ0) is 24.0. The number of rotatable bonds is 9. The second-order valence-corrected chi connectivity index (χ2v) is 7.89. The quantitative estimate of drug-likeness (QED) is 0.183. The van der Waals surface area contributed by atoms with Crippen LogP contribution in [0.15, 0.2) is 50.8 Å². The fraction of sp³-hybridized carbons (Fsp3) is 0.273. The van der Waals surface area contributed by atoms with Gasteiger partial charge in [-0.1, -0.05) is 35.3 Å². The fourth-order valence-corrected chi connectivity index (χ4v) is 3.43. The van der Waals surface area contributed by atoms with Crippen LogP contribution in [-0.4, -0.2) is 40.5 Å². The number of esters is 1. The number of ether oxygens (including phenoxy) is 2. The summed E-state index contributed by atoms with van der Waals surface area (Å²) in [4.78, 5) is 40.1. The number of fused-ring (bicyclic) bond motifs is 1. The van der Waals surface area contributed by atoms with E-state index in [1.807, 2.05) is 6.92 Å². The maximum atomic E-state index is 13.2. The number of benzene rings is 2. The molecule has 33 heavy (non-hydrogen) atoms. The third-order valence-electron chi connectivity index (χ3n) is 4.73. The van der Waals surface area contributed by atoms with Gasteiger partial charge < -0.3 is 9.47 Å². The van der Waals surface area contributed by atoms with Gasteiger partial charge in [0.25, 0.3) is 5.56 Å². The summed E-state index contributed by atoms with van der Waals surface area (Å²) in [6, 6.07) is 9.46. The van der Waals surface area contributed by atoms with Crippen molar-refractivity contribution < 1.29 is 19.2 Å². The number of carbonyl (C=O) groups excluding carboxylic acids is 1. The van der Waals surface area contributed by atoms with E-state index in [0.29, 0.717) is 23.1 Å². The molecule has 0 aliphatic carbocycles.